The number of imide groups is 1. The van der Waals surface area contributed by atoms with Gasteiger partial charge < -0.3 is 14.2 Å². The average Bonchev–Trinajstić information content (AvgIpc) is 3.15. The van der Waals surface area contributed by atoms with Crippen molar-refractivity contribution in [2.75, 3.05) is 19.9 Å². The molecule has 1 aromatic carbocycles. The molecule has 0 aromatic heterocycles. The van der Waals surface area contributed by atoms with Gasteiger partial charge in [-0.25, -0.2) is 0 Å². The van der Waals surface area contributed by atoms with Crippen LogP contribution in [-0.4, -0.2) is 42.0 Å². The molecular weight excluding hydrogens is 346 g/mol. The molecule has 2 aliphatic heterocycles. The van der Waals surface area contributed by atoms with E-state index in [0.29, 0.717) is 23.7 Å². The third-order valence-electron chi connectivity index (χ3n) is 3.62. The number of rotatable bonds is 6. The monoisotopic (exact) mass is 363 g/mol. The number of esters is 1. The van der Waals surface area contributed by atoms with Crippen molar-refractivity contribution in [3.05, 3.63) is 28.7 Å². The Morgan fingerprint density at radius 3 is 2.92 bits per heavy atom. The van der Waals surface area contributed by atoms with E-state index in [-0.39, 0.29) is 18.2 Å². The number of hydrogen-bond acceptors (Lipinski definition) is 7. The molecule has 2 heterocycles. The van der Waals surface area contributed by atoms with Gasteiger partial charge >= 0.3 is 5.97 Å². The van der Waals surface area contributed by atoms with Gasteiger partial charge in [0.1, 0.15) is 6.54 Å². The van der Waals surface area contributed by atoms with Crippen molar-refractivity contribution in [2.45, 2.75) is 19.8 Å². The number of amides is 2. The molecule has 0 saturated carbocycles. The summed E-state index contributed by atoms with van der Waals surface area (Å²) in [5.74, 6) is 0.146. The van der Waals surface area contributed by atoms with E-state index < -0.39 is 17.1 Å². The average molecular weight is 363 g/mol. The van der Waals surface area contributed by atoms with Crippen LogP contribution in [0.5, 0.6) is 11.5 Å². The van der Waals surface area contributed by atoms with E-state index in [2.05, 4.69) is 0 Å². The standard InChI is InChI=1S/C17H17NO6S/c1-2-3-6-22-15(19)9-18-16(20)14(25-17(18)21)8-11-4-5-12-13(7-11)24-10-23-12/h4-5,7-8H,2-3,6,9-10H2,1H3/b14-8+. The summed E-state index contributed by atoms with van der Waals surface area (Å²) in [5, 5.41) is -0.482. The van der Waals surface area contributed by atoms with Gasteiger partial charge in [0.25, 0.3) is 11.1 Å². The van der Waals surface area contributed by atoms with E-state index in [0.717, 1.165) is 29.5 Å². The van der Waals surface area contributed by atoms with Gasteiger partial charge in [-0.05, 0) is 42.0 Å². The highest BCUT2D eigenvalue weighted by atomic mass is 32.2. The first-order valence-corrected chi connectivity index (χ1v) is 8.71. The molecule has 0 atom stereocenters. The van der Waals surface area contributed by atoms with Gasteiger partial charge in [0, 0.05) is 0 Å². The fourth-order valence-electron chi connectivity index (χ4n) is 2.30. The summed E-state index contributed by atoms with van der Waals surface area (Å²) < 4.78 is 15.5. The number of benzene rings is 1. The second-order valence-electron chi connectivity index (χ2n) is 5.45. The van der Waals surface area contributed by atoms with Crippen molar-refractivity contribution in [3.8, 4) is 11.5 Å². The van der Waals surface area contributed by atoms with Crippen molar-refractivity contribution >= 4 is 35.0 Å². The second kappa shape index (κ2) is 7.60. The molecule has 1 saturated heterocycles. The third kappa shape index (κ3) is 3.96. The summed E-state index contributed by atoms with van der Waals surface area (Å²) in [5.41, 5.74) is 0.709. The van der Waals surface area contributed by atoms with E-state index in [9.17, 15) is 14.4 Å². The minimum Gasteiger partial charge on any atom is -0.464 e. The molecule has 0 radical (unpaired) electrons. The van der Waals surface area contributed by atoms with Crippen LogP contribution in [0.15, 0.2) is 23.1 Å². The normalized spacial score (nSPS) is 17.5. The van der Waals surface area contributed by atoms with Crippen LogP contribution in [-0.2, 0) is 14.3 Å². The molecule has 0 spiro atoms. The molecule has 0 N–H and O–H groups in total. The molecule has 25 heavy (non-hydrogen) atoms. The zero-order valence-electron chi connectivity index (χ0n) is 13.6. The van der Waals surface area contributed by atoms with Gasteiger partial charge in [0.15, 0.2) is 11.5 Å². The maximum Gasteiger partial charge on any atom is 0.326 e. The van der Waals surface area contributed by atoms with Gasteiger partial charge in [0.05, 0.1) is 11.5 Å². The Bertz CT molecular complexity index is 745. The molecule has 0 aliphatic carbocycles. The number of unbranched alkanes of at least 4 members (excludes halogenated alkanes) is 1. The molecule has 8 heteroatoms. The molecular formula is C17H17NO6S. The van der Waals surface area contributed by atoms with Crippen LogP contribution in [0, 0.1) is 0 Å². The molecule has 1 aromatic rings. The lowest BCUT2D eigenvalue weighted by atomic mass is 10.2. The predicted molar refractivity (Wildman–Crippen MR) is 91.1 cm³/mol. The summed E-state index contributed by atoms with van der Waals surface area (Å²) in [7, 11) is 0. The Hall–Kier alpha value is -2.48. The Morgan fingerprint density at radius 1 is 1.32 bits per heavy atom. The Kier molecular flexibility index (Phi) is 5.28. The van der Waals surface area contributed by atoms with Crippen molar-refractivity contribution in [3.63, 3.8) is 0 Å². The van der Waals surface area contributed by atoms with Crippen LogP contribution in [0.3, 0.4) is 0 Å². The van der Waals surface area contributed by atoms with E-state index in [1.807, 2.05) is 6.92 Å². The topological polar surface area (TPSA) is 82.1 Å². The van der Waals surface area contributed by atoms with Crippen LogP contribution in [0.1, 0.15) is 25.3 Å². The number of thioether (sulfide) groups is 1. The maximum absolute atomic E-state index is 12.4. The second-order valence-corrected chi connectivity index (χ2v) is 6.45. The van der Waals surface area contributed by atoms with Crippen LogP contribution in [0.25, 0.3) is 6.08 Å². The van der Waals surface area contributed by atoms with Gasteiger partial charge in [-0.2, -0.15) is 0 Å². The fraction of sp³-hybridized carbons (Fsp3) is 0.353. The van der Waals surface area contributed by atoms with Gasteiger partial charge in [0.2, 0.25) is 6.79 Å². The molecule has 0 bridgehead atoms. The molecule has 7 nitrogen and oxygen atoms in total. The fourth-order valence-corrected chi connectivity index (χ4v) is 3.13. The van der Waals surface area contributed by atoms with Crippen LogP contribution in [0.2, 0.25) is 0 Å². The summed E-state index contributed by atoms with van der Waals surface area (Å²) in [6, 6.07) is 5.24. The van der Waals surface area contributed by atoms with E-state index in [4.69, 9.17) is 14.2 Å². The lowest BCUT2D eigenvalue weighted by Gasteiger charge is -2.11. The van der Waals surface area contributed by atoms with Crippen LogP contribution >= 0.6 is 11.8 Å². The highest BCUT2D eigenvalue weighted by Crippen LogP contribution is 2.36. The van der Waals surface area contributed by atoms with Gasteiger partial charge in [-0.15, -0.1) is 0 Å². The summed E-state index contributed by atoms with van der Waals surface area (Å²) in [6.45, 7) is 2.06. The molecule has 132 valence electrons. The van der Waals surface area contributed by atoms with E-state index in [1.165, 1.54) is 0 Å². The number of nitrogens with zero attached hydrogens (tertiary/aromatic N) is 1. The largest absolute Gasteiger partial charge is 0.464 e. The first-order valence-electron chi connectivity index (χ1n) is 7.89. The van der Waals surface area contributed by atoms with E-state index in [1.54, 1.807) is 24.3 Å². The highest BCUT2D eigenvalue weighted by molar-refractivity contribution is 8.18. The zero-order valence-corrected chi connectivity index (χ0v) is 14.5. The van der Waals surface area contributed by atoms with Crippen molar-refractivity contribution in [1.82, 2.24) is 4.90 Å². The number of fused-ring (bicyclic) bond motifs is 1. The van der Waals surface area contributed by atoms with Crippen molar-refractivity contribution in [2.24, 2.45) is 0 Å². The minimum atomic E-state index is -0.583. The zero-order chi connectivity index (χ0) is 17.8. The molecule has 1 fully saturated rings. The summed E-state index contributed by atoms with van der Waals surface area (Å²) in [4.78, 5) is 37.3. The predicted octanol–water partition coefficient (Wildman–Crippen LogP) is 2.79. The summed E-state index contributed by atoms with van der Waals surface area (Å²) in [6.07, 6.45) is 3.24. The number of carbonyl (C=O) groups is 3. The van der Waals surface area contributed by atoms with E-state index >= 15 is 0 Å². The maximum atomic E-state index is 12.4. The lowest BCUT2D eigenvalue weighted by molar-refractivity contribution is -0.146. The SMILES string of the molecule is CCCCOC(=O)CN1C(=O)S/C(=C/c2ccc3c(c2)OCO3)C1=O. The number of hydrogen-bond donors (Lipinski definition) is 0. The van der Waals surface area contributed by atoms with Crippen molar-refractivity contribution in [1.29, 1.82) is 0 Å². The first-order chi connectivity index (χ1) is 12.1. The molecule has 2 aliphatic rings. The Morgan fingerprint density at radius 2 is 2.12 bits per heavy atom. The smallest absolute Gasteiger partial charge is 0.326 e. The van der Waals surface area contributed by atoms with Crippen LogP contribution in [0.4, 0.5) is 4.79 Å². The Labute approximate surface area is 148 Å². The number of ether oxygens (including phenoxy) is 3. The lowest BCUT2D eigenvalue weighted by Crippen LogP contribution is -2.34. The Balaban J connectivity index is 1.67. The van der Waals surface area contributed by atoms with Gasteiger partial charge in [-0.1, -0.05) is 19.4 Å². The molecule has 0 unspecified atom stereocenters. The van der Waals surface area contributed by atoms with Crippen LogP contribution < -0.4 is 9.47 Å². The first kappa shape index (κ1) is 17.3. The minimum absolute atomic E-state index is 0.162. The number of carbonyl (C=O) groups excluding carboxylic acids is 3. The summed E-state index contributed by atoms with van der Waals surface area (Å²) >= 11 is 0.799. The quantitative estimate of drug-likeness (QED) is 0.437. The van der Waals surface area contributed by atoms with Crippen molar-refractivity contribution < 1.29 is 28.6 Å². The molecule has 2 amide bonds. The highest BCUT2D eigenvalue weighted by Gasteiger charge is 2.36. The molecule has 3 rings (SSSR count). The third-order valence-corrected chi connectivity index (χ3v) is 4.52. The van der Waals surface area contributed by atoms with Gasteiger partial charge in [-0.3, -0.25) is 19.3 Å².